The summed E-state index contributed by atoms with van der Waals surface area (Å²) in [6.07, 6.45) is 0.780. The SMILES string of the molecule is COc1ccc(-c2oc3cc(OC)ccc3c(=O)c2OCCCBr)cc1. The molecule has 0 radical (unpaired) electrons. The van der Waals surface area contributed by atoms with E-state index in [2.05, 4.69) is 15.9 Å². The molecule has 2 aromatic carbocycles. The van der Waals surface area contributed by atoms with Gasteiger partial charge in [0.05, 0.1) is 26.2 Å². The van der Waals surface area contributed by atoms with Crippen molar-refractivity contribution in [2.75, 3.05) is 26.2 Å². The maximum atomic E-state index is 13.0. The van der Waals surface area contributed by atoms with E-state index in [9.17, 15) is 4.79 Å². The summed E-state index contributed by atoms with van der Waals surface area (Å²) >= 11 is 3.37. The number of ether oxygens (including phenoxy) is 3. The summed E-state index contributed by atoms with van der Waals surface area (Å²) in [5.74, 6) is 1.95. The Morgan fingerprint density at radius 1 is 1.00 bits per heavy atom. The molecule has 0 fully saturated rings. The molecule has 3 aromatic rings. The Labute approximate surface area is 159 Å². The molecule has 0 saturated carbocycles. The fraction of sp³-hybridized carbons (Fsp3) is 0.250. The van der Waals surface area contributed by atoms with E-state index < -0.39 is 0 Å². The number of hydrogen-bond acceptors (Lipinski definition) is 5. The van der Waals surface area contributed by atoms with Gasteiger partial charge in [-0.3, -0.25) is 4.79 Å². The van der Waals surface area contributed by atoms with Crippen LogP contribution in [0.3, 0.4) is 0 Å². The number of halogens is 1. The second kappa shape index (κ2) is 8.27. The van der Waals surface area contributed by atoms with Crippen LogP contribution in [0.4, 0.5) is 0 Å². The standard InChI is InChI=1S/C20H19BrO5/c1-23-14-6-4-13(5-7-14)19-20(25-11-3-10-21)18(22)16-9-8-15(24-2)12-17(16)26-19/h4-9,12H,3,10-11H2,1-2H3. The molecular formula is C20H19BrO5. The smallest absolute Gasteiger partial charge is 0.235 e. The number of fused-ring (bicyclic) bond motifs is 1. The van der Waals surface area contributed by atoms with Crippen LogP contribution >= 0.6 is 15.9 Å². The third-order valence-electron chi connectivity index (χ3n) is 3.93. The topological polar surface area (TPSA) is 57.9 Å². The van der Waals surface area contributed by atoms with E-state index in [1.165, 1.54) is 0 Å². The number of rotatable bonds is 7. The van der Waals surface area contributed by atoms with Gasteiger partial charge in [0.15, 0.2) is 5.76 Å². The first-order chi connectivity index (χ1) is 12.7. The second-order valence-electron chi connectivity index (χ2n) is 5.57. The molecule has 0 atom stereocenters. The maximum absolute atomic E-state index is 13.0. The normalized spacial score (nSPS) is 10.7. The average Bonchev–Trinajstić information content (AvgIpc) is 2.69. The van der Waals surface area contributed by atoms with Gasteiger partial charge in [-0.25, -0.2) is 0 Å². The van der Waals surface area contributed by atoms with E-state index in [4.69, 9.17) is 18.6 Å². The van der Waals surface area contributed by atoms with Gasteiger partial charge < -0.3 is 18.6 Å². The largest absolute Gasteiger partial charge is 0.497 e. The Balaban J connectivity index is 2.18. The van der Waals surface area contributed by atoms with E-state index in [-0.39, 0.29) is 11.2 Å². The lowest BCUT2D eigenvalue weighted by Crippen LogP contribution is -2.11. The predicted molar refractivity (Wildman–Crippen MR) is 105 cm³/mol. The lowest BCUT2D eigenvalue weighted by atomic mass is 10.1. The molecule has 0 unspecified atom stereocenters. The quantitative estimate of drug-likeness (QED) is 0.413. The molecule has 6 heteroatoms. The van der Waals surface area contributed by atoms with Gasteiger partial charge in [0.1, 0.15) is 17.1 Å². The van der Waals surface area contributed by atoms with Crippen LogP contribution in [0.25, 0.3) is 22.3 Å². The molecule has 3 rings (SSSR count). The molecule has 136 valence electrons. The van der Waals surface area contributed by atoms with Crippen LogP contribution in [-0.2, 0) is 0 Å². The lowest BCUT2D eigenvalue weighted by Gasteiger charge is -2.12. The van der Waals surface area contributed by atoms with Gasteiger partial charge in [-0.1, -0.05) is 15.9 Å². The number of benzene rings is 2. The van der Waals surface area contributed by atoms with Gasteiger partial charge in [-0.2, -0.15) is 0 Å². The first-order valence-corrected chi connectivity index (χ1v) is 9.28. The molecule has 0 saturated heterocycles. The molecule has 0 N–H and O–H groups in total. The minimum absolute atomic E-state index is 0.200. The van der Waals surface area contributed by atoms with Gasteiger partial charge >= 0.3 is 0 Å². The molecule has 0 bridgehead atoms. The molecular weight excluding hydrogens is 400 g/mol. The van der Waals surface area contributed by atoms with Crippen LogP contribution in [-0.4, -0.2) is 26.2 Å². The van der Waals surface area contributed by atoms with E-state index in [0.29, 0.717) is 29.1 Å². The summed E-state index contributed by atoms with van der Waals surface area (Å²) in [4.78, 5) is 13.0. The fourth-order valence-corrected chi connectivity index (χ4v) is 2.80. The van der Waals surface area contributed by atoms with Gasteiger partial charge in [0.2, 0.25) is 11.2 Å². The van der Waals surface area contributed by atoms with Gasteiger partial charge in [0, 0.05) is 17.0 Å². The van der Waals surface area contributed by atoms with Gasteiger partial charge in [-0.05, 0) is 42.8 Å². The predicted octanol–water partition coefficient (Wildman–Crippen LogP) is 4.64. The summed E-state index contributed by atoms with van der Waals surface area (Å²) in [6.45, 7) is 0.417. The van der Waals surface area contributed by atoms with Crippen molar-refractivity contribution in [1.82, 2.24) is 0 Å². The van der Waals surface area contributed by atoms with Crippen LogP contribution in [0.2, 0.25) is 0 Å². The van der Waals surface area contributed by atoms with Crippen molar-refractivity contribution >= 4 is 26.9 Å². The number of alkyl halides is 1. The van der Waals surface area contributed by atoms with Crippen LogP contribution < -0.4 is 19.6 Å². The minimum Gasteiger partial charge on any atom is -0.497 e. The highest BCUT2D eigenvalue weighted by molar-refractivity contribution is 9.09. The molecule has 0 aliphatic heterocycles. The lowest BCUT2D eigenvalue weighted by molar-refractivity contribution is 0.310. The van der Waals surface area contributed by atoms with Crippen molar-refractivity contribution in [3.8, 4) is 28.6 Å². The average molecular weight is 419 g/mol. The van der Waals surface area contributed by atoms with Crippen LogP contribution in [0.1, 0.15) is 6.42 Å². The Bertz CT molecular complexity index is 947. The van der Waals surface area contributed by atoms with Crippen molar-refractivity contribution in [2.45, 2.75) is 6.42 Å². The summed E-state index contributed by atoms with van der Waals surface area (Å²) in [5, 5.41) is 1.25. The van der Waals surface area contributed by atoms with Crippen molar-refractivity contribution < 1.29 is 18.6 Å². The van der Waals surface area contributed by atoms with Gasteiger partial charge in [-0.15, -0.1) is 0 Å². The van der Waals surface area contributed by atoms with E-state index in [1.54, 1.807) is 32.4 Å². The van der Waals surface area contributed by atoms with Crippen molar-refractivity contribution in [3.05, 3.63) is 52.7 Å². The molecule has 0 amide bonds. The first-order valence-electron chi connectivity index (χ1n) is 8.16. The number of hydrogen-bond donors (Lipinski definition) is 0. The third kappa shape index (κ3) is 3.70. The van der Waals surface area contributed by atoms with Crippen LogP contribution in [0.15, 0.2) is 51.7 Å². The summed E-state index contributed by atoms with van der Waals surface area (Å²) in [7, 11) is 3.17. The van der Waals surface area contributed by atoms with Crippen molar-refractivity contribution in [3.63, 3.8) is 0 Å². The number of methoxy groups -OCH3 is 2. The Kier molecular flexibility index (Phi) is 5.83. The highest BCUT2D eigenvalue weighted by Gasteiger charge is 2.18. The third-order valence-corrected chi connectivity index (χ3v) is 4.50. The molecule has 5 nitrogen and oxygen atoms in total. The highest BCUT2D eigenvalue weighted by Crippen LogP contribution is 2.33. The molecule has 1 aromatic heterocycles. The Hall–Kier alpha value is -2.47. The van der Waals surface area contributed by atoms with E-state index in [1.807, 2.05) is 24.3 Å². The Morgan fingerprint density at radius 2 is 1.69 bits per heavy atom. The zero-order valence-corrected chi connectivity index (χ0v) is 16.2. The van der Waals surface area contributed by atoms with Crippen LogP contribution in [0.5, 0.6) is 17.2 Å². The summed E-state index contributed by atoms with van der Waals surface area (Å²) in [5.41, 5.74) is 0.990. The first kappa shape index (κ1) is 18.3. The summed E-state index contributed by atoms with van der Waals surface area (Å²) in [6, 6.07) is 12.4. The van der Waals surface area contributed by atoms with Gasteiger partial charge in [0.25, 0.3) is 0 Å². The maximum Gasteiger partial charge on any atom is 0.235 e. The monoisotopic (exact) mass is 418 g/mol. The minimum atomic E-state index is -0.200. The highest BCUT2D eigenvalue weighted by atomic mass is 79.9. The molecule has 1 heterocycles. The van der Waals surface area contributed by atoms with E-state index >= 15 is 0 Å². The second-order valence-corrected chi connectivity index (χ2v) is 6.36. The molecule has 0 spiro atoms. The Morgan fingerprint density at radius 3 is 2.35 bits per heavy atom. The zero-order chi connectivity index (χ0) is 18.5. The molecule has 26 heavy (non-hydrogen) atoms. The van der Waals surface area contributed by atoms with Crippen molar-refractivity contribution in [2.24, 2.45) is 0 Å². The zero-order valence-electron chi connectivity index (χ0n) is 14.6. The fourth-order valence-electron chi connectivity index (χ4n) is 2.58. The molecule has 0 aliphatic rings. The van der Waals surface area contributed by atoms with E-state index in [0.717, 1.165) is 23.1 Å². The van der Waals surface area contributed by atoms with Crippen molar-refractivity contribution in [1.29, 1.82) is 0 Å². The molecule has 0 aliphatic carbocycles. The summed E-state index contributed by atoms with van der Waals surface area (Å²) < 4.78 is 22.3. The van der Waals surface area contributed by atoms with Crippen LogP contribution in [0, 0.1) is 0 Å².